The predicted octanol–water partition coefficient (Wildman–Crippen LogP) is 2.86. The van der Waals surface area contributed by atoms with E-state index in [0.29, 0.717) is 39.6 Å². The summed E-state index contributed by atoms with van der Waals surface area (Å²) in [5.74, 6) is 0.0649. The van der Waals surface area contributed by atoms with Crippen LogP contribution in [0.25, 0.3) is 10.2 Å². The molecule has 0 unspecified atom stereocenters. The van der Waals surface area contributed by atoms with E-state index in [1.54, 1.807) is 13.8 Å². The topological polar surface area (TPSA) is 105 Å². The summed E-state index contributed by atoms with van der Waals surface area (Å²) in [6.45, 7) is 13.4. The zero-order valence-corrected chi connectivity index (χ0v) is 19.5. The number of fused-ring (bicyclic) bond motifs is 1. The van der Waals surface area contributed by atoms with Crippen molar-refractivity contribution in [2.24, 2.45) is 0 Å². The molecule has 0 aromatic carbocycles. The SMILES string of the molecule is CCCN(Cc1nc2sc(C(=O)OCC)c(C)c2c(=O)[nH]1)C[C@@H](O)COC(C)(C)C. The zero-order valence-electron chi connectivity index (χ0n) is 18.7. The number of hydrogen-bond donors (Lipinski definition) is 2. The van der Waals surface area contributed by atoms with Crippen LogP contribution in [-0.4, -0.2) is 64.0 Å². The van der Waals surface area contributed by atoms with Crippen LogP contribution in [0.5, 0.6) is 0 Å². The van der Waals surface area contributed by atoms with Crippen molar-refractivity contribution < 1.29 is 19.4 Å². The predicted molar refractivity (Wildman–Crippen MR) is 118 cm³/mol. The molecule has 0 fully saturated rings. The van der Waals surface area contributed by atoms with Crippen LogP contribution in [0.4, 0.5) is 0 Å². The van der Waals surface area contributed by atoms with Gasteiger partial charge in [-0.2, -0.15) is 0 Å². The first-order valence-electron chi connectivity index (χ1n) is 10.3. The van der Waals surface area contributed by atoms with E-state index in [2.05, 4.69) is 16.9 Å². The molecular weight excluding hydrogens is 406 g/mol. The molecule has 2 aromatic heterocycles. The number of thiophene rings is 1. The van der Waals surface area contributed by atoms with Crippen molar-refractivity contribution >= 4 is 27.5 Å². The van der Waals surface area contributed by atoms with E-state index in [9.17, 15) is 14.7 Å². The fourth-order valence-electron chi connectivity index (χ4n) is 3.11. The Morgan fingerprint density at radius 1 is 1.33 bits per heavy atom. The highest BCUT2D eigenvalue weighted by Gasteiger charge is 2.21. The molecule has 2 aromatic rings. The molecule has 8 nitrogen and oxygen atoms in total. The molecule has 30 heavy (non-hydrogen) atoms. The van der Waals surface area contributed by atoms with E-state index in [0.717, 1.165) is 13.0 Å². The quantitative estimate of drug-likeness (QED) is 0.549. The van der Waals surface area contributed by atoms with Crippen LogP contribution in [0.15, 0.2) is 4.79 Å². The summed E-state index contributed by atoms with van der Waals surface area (Å²) < 4.78 is 10.7. The van der Waals surface area contributed by atoms with Crippen molar-refractivity contribution in [3.63, 3.8) is 0 Å². The second-order valence-electron chi connectivity index (χ2n) is 8.28. The number of aromatic nitrogens is 2. The molecule has 2 rings (SSSR count). The van der Waals surface area contributed by atoms with Crippen molar-refractivity contribution in [2.45, 2.75) is 66.2 Å². The van der Waals surface area contributed by atoms with E-state index in [4.69, 9.17) is 9.47 Å². The highest BCUT2D eigenvalue weighted by atomic mass is 32.1. The smallest absolute Gasteiger partial charge is 0.348 e. The van der Waals surface area contributed by atoms with Crippen molar-refractivity contribution in [1.82, 2.24) is 14.9 Å². The van der Waals surface area contributed by atoms with Crippen LogP contribution >= 0.6 is 11.3 Å². The zero-order chi connectivity index (χ0) is 22.5. The number of carbonyl (C=O) groups excluding carboxylic acids is 1. The largest absolute Gasteiger partial charge is 0.462 e. The Morgan fingerprint density at radius 3 is 2.63 bits per heavy atom. The number of nitrogens with one attached hydrogen (secondary N) is 1. The Bertz CT molecular complexity index is 916. The molecule has 9 heteroatoms. The summed E-state index contributed by atoms with van der Waals surface area (Å²) in [6, 6.07) is 0. The Hall–Kier alpha value is -1.81. The fraction of sp³-hybridized carbons (Fsp3) is 0.667. The minimum absolute atomic E-state index is 0.236. The molecular formula is C21H33N3O5S. The maximum absolute atomic E-state index is 12.7. The molecule has 0 amide bonds. The minimum atomic E-state index is -0.648. The second kappa shape index (κ2) is 10.5. The Morgan fingerprint density at radius 2 is 2.03 bits per heavy atom. The Kier molecular flexibility index (Phi) is 8.54. The third-order valence-corrected chi connectivity index (χ3v) is 5.57. The lowest BCUT2D eigenvalue weighted by Crippen LogP contribution is -2.37. The molecule has 168 valence electrons. The van der Waals surface area contributed by atoms with Gasteiger partial charge >= 0.3 is 5.97 Å². The lowest BCUT2D eigenvalue weighted by atomic mass is 10.2. The number of nitrogens with zero attached hydrogens (tertiary/aromatic N) is 2. The standard InChI is InChI=1S/C21H33N3O5S/c1-7-9-24(10-14(25)12-29-21(4,5)6)11-15-22-18(26)16-13(3)17(20(27)28-8-2)30-19(16)23-15/h14,25H,7-12H2,1-6H3,(H,22,23,26)/t14-/m1/s1. The number of carbonyl (C=O) groups is 1. The van der Waals surface area contributed by atoms with E-state index >= 15 is 0 Å². The molecule has 2 N–H and O–H groups in total. The molecule has 0 saturated heterocycles. The van der Waals surface area contributed by atoms with Gasteiger partial charge in [0.25, 0.3) is 5.56 Å². The number of aryl methyl sites for hydroxylation is 1. The van der Waals surface area contributed by atoms with Crippen LogP contribution in [0.3, 0.4) is 0 Å². The summed E-state index contributed by atoms with van der Waals surface area (Å²) >= 11 is 1.17. The van der Waals surface area contributed by atoms with Gasteiger partial charge in [-0.3, -0.25) is 9.69 Å². The van der Waals surface area contributed by atoms with Gasteiger partial charge in [0.05, 0.1) is 36.8 Å². The summed E-state index contributed by atoms with van der Waals surface area (Å²) in [5, 5.41) is 10.8. The van der Waals surface area contributed by atoms with E-state index in [-0.39, 0.29) is 24.4 Å². The highest BCUT2D eigenvalue weighted by Crippen LogP contribution is 2.27. The maximum Gasteiger partial charge on any atom is 0.348 e. The van der Waals surface area contributed by atoms with Gasteiger partial charge in [-0.15, -0.1) is 11.3 Å². The molecule has 0 saturated carbocycles. The fourth-order valence-corrected chi connectivity index (χ4v) is 4.21. The maximum atomic E-state index is 12.7. The summed E-state index contributed by atoms with van der Waals surface area (Å²) in [4.78, 5) is 35.2. The Balaban J connectivity index is 2.21. The number of aromatic amines is 1. The van der Waals surface area contributed by atoms with Crippen LogP contribution in [0.2, 0.25) is 0 Å². The third-order valence-electron chi connectivity index (χ3n) is 4.40. The van der Waals surface area contributed by atoms with Gasteiger partial charge in [0.1, 0.15) is 15.5 Å². The van der Waals surface area contributed by atoms with Gasteiger partial charge in [-0.1, -0.05) is 6.92 Å². The normalized spacial score (nSPS) is 13.2. The lowest BCUT2D eigenvalue weighted by Gasteiger charge is -2.26. The van der Waals surface area contributed by atoms with Crippen molar-refractivity contribution in [2.75, 3.05) is 26.3 Å². The molecule has 1 atom stereocenters. The van der Waals surface area contributed by atoms with E-state index in [1.807, 2.05) is 25.7 Å². The van der Waals surface area contributed by atoms with Crippen LogP contribution < -0.4 is 5.56 Å². The van der Waals surface area contributed by atoms with Crippen LogP contribution in [-0.2, 0) is 16.0 Å². The number of aliphatic hydroxyl groups excluding tert-OH is 1. The molecule has 0 aliphatic heterocycles. The summed E-state index contributed by atoms with van der Waals surface area (Å²) in [7, 11) is 0. The third kappa shape index (κ3) is 6.60. The monoisotopic (exact) mass is 439 g/mol. The lowest BCUT2D eigenvalue weighted by molar-refractivity contribution is -0.0568. The first-order chi connectivity index (χ1) is 14.1. The Labute approximate surface area is 181 Å². The van der Waals surface area contributed by atoms with Crippen molar-refractivity contribution in [1.29, 1.82) is 0 Å². The molecule has 0 aliphatic carbocycles. The number of ether oxygens (including phenoxy) is 2. The van der Waals surface area contributed by atoms with Gasteiger partial charge in [0.15, 0.2) is 0 Å². The minimum Gasteiger partial charge on any atom is -0.462 e. The number of hydrogen-bond acceptors (Lipinski definition) is 8. The average molecular weight is 440 g/mol. The number of H-pyrrole nitrogens is 1. The number of esters is 1. The van der Waals surface area contributed by atoms with Crippen LogP contribution in [0, 0.1) is 6.92 Å². The molecule has 0 bridgehead atoms. The number of aliphatic hydroxyl groups is 1. The van der Waals surface area contributed by atoms with Crippen LogP contribution in [0.1, 0.15) is 62.1 Å². The molecule has 0 aliphatic rings. The molecule has 0 radical (unpaired) electrons. The van der Waals surface area contributed by atoms with Gasteiger partial charge in [0.2, 0.25) is 0 Å². The van der Waals surface area contributed by atoms with Gasteiger partial charge < -0.3 is 19.6 Å². The first kappa shape index (κ1) is 24.5. The van der Waals surface area contributed by atoms with Gasteiger partial charge in [-0.05, 0) is 53.1 Å². The number of rotatable bonds is 10. The van der Waals surface area contributed by atoms with E-state index < -0.39 is 12.1 Å². The van der Waals surface area contributed by atoms with E-state index in [1.165, 1.54) is 11.3 Å². The first-order valence-corrected chi connectivity index (χ1v) is 11.1. The summed E-state index contributed by atoms with van der Waals surface area (Å²) in [6.07, 6.45) is 0.246. The van der Waals surface area contributed by atoms with Gasteiger partial charge in [0, 0.05) is 6.54 Å². The molecule has 2 heterocycles. The van der Waals surface area contributed by atoms with Gasteiger partial charge in [-0.25, -0.2) is 9.78 Å². The molecule has 0 spiro atoms. The van der Waals surface area contributed by atoms with Crippen molar-refractivity contribution in [3.8, 4) is 0 Å². The van der Waals surface area contributed by atoms with Crippen molar-refractivity contribution in [3.05, 3.63) is 26.6 Å². The average Bonchev–Trinajstić information content (AvgIpc) is 2.97. The highest BCUT2D eigenvalue weighted by molar-refractivity contribution is 7.20. The second-order valence-corrected chi connectivity index (χ2v) is 9.28. The summed E-state index contributed by atoms with van der Waals surface area (Å²) in [5.41, 5.74) is 0.00322.